The van der Waals surface area contributed by atoms with E-state index in [1.807, 2.05) is 41.8 Å². The van der Waals surface area contributed by atoms with Crippen LogP contribution in [0.4, 0.5) is 0 Å². The Bertz CT molecular complexity index is 716. The highest BCUT2D eigenvalue weighted by molar-refractivity contribution is 7.03. The largest absolute Gasteiger partial charge is 0.508 e. The molecule has 0 fully saturated rings. The van der Waals surface area contributed by atoms with Gasteiger partial charge >= 0.3 is 0 Å². The molecule has 1 heterocycles. The maximum atomic E-state index is 9.43. The Labute approximate surface area is 109 Å². The van der Waals surface area contributed by atoms with Gasteiger partial charge in [-0.1, -0.05) is 36.9 Å². The average molecular weight is 253 g/mol. The van der Waals surface area contributed by atoms with Gasteiger partial charge in [-0.3, -0.25) is 0 Å². The second-order valence-electron chi connectivity index (χ2n) is 4.07. The van der Waals surface area contributed by atoms with Crippen LogP contribution in [0.3, 0.4) is 0 Å². The number of rotatable bonds is 2. The number of hydrogen-bond acceptors (Lipinski definition) is 3. The summed E-state index contributed by atoms with van der Waals surface area (Å²) in [4.78, 5) is 0. The lowest BCUT2D eigenvalue weighted by atomic mass is 10.00. The number of aliphatic hydroxyl groups excluding tert-OH is 1. The molecule has 1 N–H and O–H groups in total. The smallest absolute Gasteiger partial charge is 0.115 e. The van der Waals surface area contributed by atoms with E-state index in [4.69, 9.17) is 0 Å². The SMILES string of the molecule is C=C(O)c1ccc2c(-c3ccsn3)cccc2c1. The monoisotopic (exact) mass is 253 g/mol. The summed E-state index contributed by atoms with van der Waals surface area (Å²) in [5.74, 6) is 0.0935. The maximum Gasteiger partial charge on any atom is 0.115 e. The second-order valence-corrected chi connectivity index (χ2v) is 4.74. The molecule has 1 aromatic heterocycles. The fraction of sp³-hybridized carbons (Fsp3) is 0. The highest BCUT2D eigenvalue weighted by atomic mass is 32.1. The van der Waals surface area contributed by atoms with Crippen LogP contribution in [-0.4, -0.2) is 9.48 Å². The molecule has 88 valence electrons. The molecule has 2 nitrogen and oxygen atoms in total. The molecule has 0 amide bonds. The second kappa shape index (κ2) is 4.27. The number of aromatic nitrogens is 1. The van der Waals surface area contributed by atoms with Crippen LogP contribution in [0, 0.1) is 0 Å². The lowest BCUT2D eigenvalue weighted by Gasteiger charge is -2.06. The zero-order chi connectivity index (χ0) is 12.5. The number of nitrogens with zero attached hydrogens (tertiary/aromatic N) is 1. The first-order valence-electron chi connectivity index (χ1n) is 5.57. The molecule has 0 spiro atoms. The molecule has 18 heavy (non-hydrogen) atoms. The van der Waals surface area contributed by atoms with E-state index in [0.717, 1.165) is 27.6 Å². The van der Waals surface area contributed by atoms with Gasteiger partial charge in [0, 0.05) is 16.5 Å². The van der Waals surface area contributed by atoms with E-state index >= 15 is 0 Å². The van der Waals surface area contributed by atoms with Gasteiger partial charge in [-0.25, -0.2) is 0 Å². The zero-order valence-electron chi connectivity index (χ0n) is 9.63. The Morgan fingerprint density at radius 2 is 2.06 bits per heavy atom. The van der Waals surface area contributed by atoms with Gasteiger partial charge in [-0.05, 0) is 34.4 Å². The van der Waals surface area contributed by atoms with Crippen molar-refractivity contribution >= 4 is 28.1 Å². The standard InChI is InChI=1S/C15H11NOS/c1-10(17)11-5-6-13-12(9-11)3-2-4-14(13)15-7-8-18-16-15/h2-9,17H,1H2. The fourth-order valence-corrected chi connectivity index (χ4v) is 2.56. The number of benzene rings is 2. The van der Waals surface area contributed by atoms with Crippen molar-refractivity contribution in [1.29, 1.82) is 0 Å². The minimum Gasteiger partial charge on any atom is -0.508 e. The van der Waals surface area contributed by atoms with Crippen molar-refractivity contribution in [3.63, 3.8) is 0 Å². The van der Waals surface area contributed by atoms with Crippen LogP contribution < -0.4 is 0 Å². The Kier molecular flexibility index (Phi) is 2.61. The van der Waals surface area contributed by atoms with Crippen LogP contribution in [0.15, 0.2) is 54.4 Å². The van der Waals surface area contributed by atoms with Gasteiger partial charge in [-0.2, -0.15) is 4.37 Å². The molecule has 0 radical (unpaired) electrons. The maximum absolute atomic E-state index is 9.43. The third-order valence-electron chi connectivity index (χ3n) is 2.93. The molecular weight excluding hydrogens is 242 g/mol. The zero-order valence-corrected chi connectivity index (χ0v) is 10.4. The van der Waals surface area contributed by atoms with Crippen molar-refractivity contribution in [2.24, 2.45) is 0 Å². The van der Waals surface area contributed by atoms with Crippen LogP contribution in [-0.2, 0) is 0 Å². The Morgan fingerprint density at radius 1 is 1.17 bits per heavy atom. The Hall–Kier alpha value is -2.13. The molecule has 0 aliphatic heterocycles. The lowest BCUT2D eigenvalue weighted by Crippen LogP contribution is -1.84. The third kappa shape index (κ3) is 1.79. The Balaban J connectivity index is 2.26. The molecule has 0 unspecified atom stereocenters. The van der Waals surface area contributed by atoms with Gasteiger partial charge in [0.05, 0.1) is 5.69 Å². The molecular formula is C15H11NOS. The number of fused-ring (bicyclic) bond motifs is 1. The van der Waals surface area contributed by atoms with E-state index in [0.29, 0.717) is 0 Å². The topological polar surface area (TPSA) is 33.1 Å². The van der Waals surface area contributed by atoms with Crippen LogP contribution >= 0.6 is 11.5 Å². The predicted octanol–water partition coefficient (Wildman–Crippen LogP) is 4.49. The van der Waals surface area contributed by atoms with E-state index in [2.05, 4.69) is 17.0 Å². The highest BCUT2D eigenvalue weighted by Crippen LogP contribution is 2.29. The first kappa shape index (κ1) is 11.0. The third-order valence-corrected chi connectivity index (χ3v) is 3.49. The van der Waals surface area contributed by atoms with Gasteiger partial charge < -0.3 is 5.11 Å². The summed E-state index contributed by atoms with van der Waals surface area (Å²) >= 11 is 1.45. The summed E-state index contributed by atoms with van der Waals surface area (Å²) in [6, 6.07) is 13.9. The summed E-state index contributed by atoms with van der Waals surface area (Å²) in [5, 5.41) is 13.6. The first-order valence-corrected chi connectivity index (χ1v) is 6.41. The van der Waals surface area contributed by atoms with Crippen LogP contribution in [0.5, 0.6) is 0 Å². The van der Waals surface area contributed by atoms with Gasteiger partial charge in [-0.15, -0.1) is 0 Å². The van der Waals surface area contributed by atoms with E-state index < -0.39 is 0 Å². The van der Waals surface area contributed by atoms with Gasteiger partial charge in [0.2, 0.25) is 0 Å². The molecule has 3 aromatic rings. The minimum absolute atomic E-state index is 0.0935. The number of aliphatic hydroxyl groups is 1. The van der Waals surface area contributed by atoms with Crippen LogP contribution in [0.1, 0.15) is 5.56 Å². The lowest BCUT2D eigenvalue weighted by molar-refractivity contribution is 0.514. The molecule has 3 rings (SSSR count). The van der Waals surface area contributed by atoms with E-state index in [1.54, 1.807) is 0 Å². The molecule has 0 atom stereocenters. The van der Waals surface area contributed by atoms with E-state index in [1.165, 1.54) is 11.5 Å². The normalized spacial score (nSPS) is 10.7. The summed E-state index contributed by atoms with van der Waals surface area (Å²) < 4.78 is 4.37. The summed E-state index contributed by atoms with van der Waals surface area (Å²) in [6.45, 7) is 3.55. The molecule has 2 aromatic carbocycles. The predicted molar refractivity (Wildman–Crippen MR) is 76.7 cm³/mol. The van der Waals surface area contributed by atoms with E-state index in [9.17, 15) is 5.11 Å². The summed E-state index contributed by atoms with van der Waals surface area (Å²) in [5.41, 5.74) is 2.85. The molecule has 0 aliphatic carbocycles. The van der Waals surface area contributed by atoms with Crippen molar-refractivity contribution in [3.8, 4) is 11.3 Å². The van der Waals surface area contributed by atoms with Crippen molar-refractivity contribution in [2.45, 2.75) is 0 Å². The summed E-state index contributed by atoms with van der Waals surface area (Å²) in [7, 11) is 0. The molecule has 3 heteroatoms. The van der Waals surface area contributed by atoms with Crippen molar-refractivity contribution in [1.82, 2.24) is 4.37 Å². The van der Waals surface area contributed by atoms with Crippen LogP contribution in [0.25, 0.3) is 27.8 Å². The summed E-state index contributed by atoms with van der Waals surface area (Å²) in [6.07, 6.45) is 0. The number of hydrogen-bond donors (Lipinski definition) is 1. The van der Waals surface area contributed by atoms with Crippen molar-refractivity contribution in [3.05, 3.63) is 60.0 Å². The highest BCUT2D eigenvalue weighted by Gasteiger charge is 2.06. The van der Waals surface area contributed by atoms with Gasteiger partial charge in [0.1, 0.15) is 5.76 Å². The first-order chi connectivity index (χ1) is 8.75. The van der Waals surface area contributed by atoms with Crippen molar-refractivity contribution < 1.29 is 5.11 Å². The fourth-order valence-electron chi connectivity index (χ4n) is 2.04. The van der Waals surface area contributed by atoms with E-state index in [-0.39, 0.29) is 5.76 Å². The molecule has 0 aliphatic rings. The minimum atomic E-state index is 0.0935. The Morgan fingerprint density at radius 3 is 2.78 bits per heavy atom. The molecule has 0 bridgehead atoms. The van der Waals surface area contributed by atoms with Crippen LogP contribution in [0.2, 0.25) is 0 Å². The average Bonchev–Trinajstić information content (AvgIpc) is 2.91. The molecule has 0 saturated heterocycles. The quantitative estimate of drug-likeness (QED) is 0.682. The molecule has 0 saturated carbocycles. The van der Waals surface area contributed by atoms with Gasteiger partial charge in [0.25, 0.3) is 0 Å². The van der Waals surface area contributed by atoms with Gasteiger partial charge in [0.15, 0.2) is 0 Å². The van der Waals surface area contributed by atoms with Crippen molar-refractivity contribution in [2.75, 3.05) is 0 Å².